The molecule has 11 heteroatoms. The highest BCUT2D eigenvalue weighted by Crippen LogP contribution is 2.27. The Bertz CT molecular complexity index is 836. The summed E-state index contributed by atoms with van der Waals surface area (Å²) in [6.07, 6.45) is 1.35. The van der Waals surface area contributed by atoms with Crippen molar-refractivity contribution in [3.05, 3.63) is 35.1 Å². The van der Waals surface area contributed by atoms with E-state index in [1.807, 2.05) is 0 Å². The van der Waals surface area contributed by atoms with Gasteiger partial charge in [-0.2, -0.15) is 0 Å². The van der Waals surface area contributed by atoms with Crippen molar-refractivity contribution in [1.82, 2.24) is 19.9 Å². The first kappa shape index (κ1) is 19.2. The van der Waals surface area contributed by atoms with E-state index in [9.17, 15) is 14.4 Å². The molecule has 0 saturated carbocycles. The number of carboxylic acids is 1. The number of likely N-dealkylation sites (N-methyl/N-ethyl adjacent to an activating group) is 1. The molecule has 0 unspecified atom stereocenters. The number of ether oxygens (including phenoxy) is 1. The summed E-state index contributed by atoms with van der Waals surface area (Å²) in [4.78, 5) is 35.7. The van der Waals surface area contributed by atoms with Crippen LogP contribution in [0.5, 0.6) is 5.75 Å². The van der Waals surface area contributed by atoms with Crippen LogP contribution < -0.4 is 10.1 Å². The second-order valence-electron chi connectivity index (χ2n) is 5.37. The molecule has 2 amide bonds. The number of amides is 2. The van der Waals surface area contributed by atoms with Gasteiger partial charge in [-0.1, -0.05) is 16.8 Å². The van der Waals surface area contributed by atoms with Crippen LogP contribution in [0, 0.1) is 0 Å². The summed E-state index contributed by atoms with van der Waals surface area (Å²) in [6.45, 7) is -0.561. The summed E-state index contributed by atoms with van der Waals surface area (Å²) in [5.41, 5.74) is 0.389. The largest absolute Gasteiger partial charge is 0.480 e. The molecule has 0 aliphatic rings. The Balaban J connectivity index is 2.01. The second-order valence-corrected chi connectivity index (χ2v) is 5.78. The average Bonchev–Trinajstić information content (AvgIpc) is 3.02. The van der Waals surface area contributed by atoms with Crippen LogP contribution in [0.3, 0.4) is 0 Å². The van der Waals surface area contributed by atoms with Crippen molar-refractivity contribution in [3.8, 4) is 5.75 Å². The quantitative estimate of drug-likeness (QED) is 0.723. The maximum absolute atomic E-state index is 12.2. The van der Waals surface area contributed by atoms with Gasteiger partial charge in [-0.15, -0.1) is 5.10 Å². The van der Waals surface area contributed by atoms with Gasteiger partial charge in [0.1, 0.15) is 12.3 Å². The molecule has 0 aliphatic carbocycles. The minimum absolute atomic E-state index is 0.0267. The van der Waals surface area contributed by atoms with Crippen LogP contribution in [-0.2, 0) is 16.1 Å². The first-order chi connectivity index (χ1) is 12.3. The zero-order valence-electron chi connectivity index (χ0n) is 14.0. The number of rotatable bonds is 7. The van der Waals surface area contributed by atoms with Gasteiger partial charge in [0.15, 0.2) is 12.3 Å². The van der Waals surface area contributed by atoms with Crippen LogP contribution >= 0.6 is 11.6 Å². The number of nitrogens with zero attached hydrogens (tertiary/aromatic N) is 4. The average molecular weight is 382 g/mol. The lowest BCUT2D eigenvalue weighted by atomic mass is 10.3. The normalized spacial score (nSPS) is 10.3. The van der Waals surface area contributed by atoms with Crippen molar-refractivity contribution in [1.29, 1.82) is 0 Å². The highest BCUT2D eigenvalue weighted by molar-refractivity contribution is 6.32. The van der Waals surface area contributed by atoms with Crippen molar-refractivity contribution >= 4 is 35.1 Å². The second kappa shape index (κ2) is 8.30. The van der Waals surface area contributed by atoms with Gasteiger partial charge in [-0.05, 0) is 18.2 Å². The lowest BCUT2D eigenvalue weighted by molar-refractivity contribution is -0.139. The molecule has 1 heterocycles. The van der Waals surface area contributed by atoms with Crippen LogP contribution in [0.1, 0.15) is 10.5 Å². The molecule has 2 aromatic rings. The highest BCUT2D eigenvalue weighted by atomic mass is 35.5. The lowest BCUT2D eigenvalue weighted by Gasteiger charge is -2.09. The maximum Gasteiger partial charge on any atom is 0.341 e. The van der Waals surface area contributed by atoms with Crippen LogP contribution in [0.4, 0.5) is 5.69 Å². The van der Waals surface area contributed by atoms with Gasteiger partial charge in [-0.25, -0.2) is 9.48 Å². The van der Waals surface area contributed by atoms with Gasteiger partial charge < -0.3 is 20.1 Å². The van der Waals surface area contributed by atoms with Gasteiger partial charge in [0.2, 0.25) is 5.91 Å². The maximum atomic E-state index is 12.2. The summed E-state index contributed by atoms with van der Waals surface area (Å²) in [7, 11) is 3.22. The molecule has 0 radical (unpaired) electrons. The number of carbonyl (C=O) groups is 3. The number of carbonyl (C=O) groups excluding carboxylic acids is 2. The molecule has 2 rings (SSSR count). The van der Waals surface area contributed by atoms with Gasteiger partial charge in [-0.3, -0.25) is 9.59 Å². The number of aliphatic carboxylic acids is 1. The van der Waals surface area contributed by atoms with E-state index in [2.05, 4.69) is 15.6 Å². The smallest absolute Gasteiger partial charge is 0.341 e. The van der Waals surface area contributed by atoms with E-state index < -0.39 is 18.5 Å². The van der Waals surface area contributed by atoms with E-state index in [1.165, 1.54) is 34.0 Å². The fourth-order valence-corrected chi connectivity index (χ4v) is 2.03. The molecule has 0 fully saturated rings. The third-order valence-electron chi connectivity index (χ3n) is 3.11. The predicted molar refractivity (Wildman–Crippen MR) is 91.3 cm³/mol. The molecule has 138 valence electrons. The van der Waals surface area contributed by atoms with Crippen LogP contribution in [0.25, 0.3) is 0 Å². The third-order valence-corrected chi connectivity index (χ3v) is 3.40. The molecule has 0 aliphatic heterocycles. The van der Waals surface area contributed by atoms with Crippen molar-refractivity contribution in [2.45, 2.75) is 6.54 Å². The van der Waals surface area contributed by atoms with Crippen molar-refractivity contribution < 1.29 is 24.2 Å². The predicted octanol–water partition coefficient (Wildman–Crippen LogP) is 0.735. The Morgan fingerprint density at radius 3 is 2.69 bits per heavy atom. The van der Waals surface area contributed by atoms with Gasteiger partial charge in [0.25, 0.3) is 5.91 Å². The van der Waals surface area contributed by atoms with Crippen molar-refractivity contribution in [2.24, 2.45) is 0 Å². The molecule has 0 atom stereocenters. The zero-order valence-corrected chi connectivity index (χ0v) is 14.7. The zero-order chi connectivity index (χ0) is 19.3. The lowest BCUT2D eigenvalue weighted by Crippen LogP contribution is -2.26. The fourth-order valence-electron chi connectivity index (χ4n) is 1.79. The number of halogens is 1. The van der Waals surface area contributed by atoms with Crippen LogP contribution in [0.2, 0.25) is 5.02 Å². The SMILES string of the molecule is CN(C)C(=O)Cn1cc(C(=O)Nc2ccc(OCC(=O)O)c(Cl)c2)nn1. The van der Waals surface area contributed by atoms with Crippen molar-refractivity contribution in [3.63, 3.8) is 0 Å². The molecule has 2 N–H and O–H groups in total. The van der Waals surface area contributed by atoms with E-state index >= 15 is 0 Å². The topological polar surface area (TPSA) is 127 Å². The van der Waals surface area contributed by atoms with Gasteiger partial charge in [0, 0.05) is 19.8 Å². The molecule has 10 nitrogen and oxygen atoms in total. The monoisotopic (exact) mass is 381 g/mol. The minimum atomic E-state index is -1.13. The molecular formula is C15H16ClN5O5. The number of hydrogen-bond donors (Lipinski definition) is 2. The Labute approximate surface area is 153 Å². The molecular weight excluding hydrogens is 366 g/mol. The van der Waals surface area contributed by atoms with E-state index in [0.29, 0.717) is 5.69 Å². The Morgan fingerprint density at radius 1 is 1.35 bits per heavy atom. The van der Waals surface area contributed by atoms with Crippen molar-refractivity contribution in [2.75, 3.05) is 26.0 Å². The number of anilines is 1. The molecule has 0 bridgehead atoms. The standard InChI is InChI=1S/C15H16ClN5O5/c1-20(2)13(22)7-21-6-11(18-19-21)15(25)17-9-3-4-12(10(16)5-9)26-8-14(23)24/h3-6H,7-8H2,1-2H3,(H,17,25)(H,23,24). The first-order valence-corrected chi connectivity index (χ1v) is 7.70. The Hall–Kier alpha value is -3.14. The molecule has 26 heavy (non-hydrogen) atoms. The van der Waals surface area contributed by atoms with E-state index in [-0.39, 0.29) is 28.9 Å². The van der Waals surface area contributed by atoms with E-state index in [1.54, 1.807) is 14.1 Å². The molecule has 0 spiro atoms. The van der Waals surface area contributed by atoms with Gasteiger partial charge in [0.05, 0.1) is 11.2 Å². The summed E-state index contributed by atoms with van der Waals surface area (Å²) < 4.78 is 6.25. The number of benzene rings is 1. The third kappa shape index (κ3) is 5.18. The molecule has 0 saturated heterocycles. The van der Waals surface area contributed by atoms with E-state index in [4.69, 9.17) is 21.4 Å². The number of nitrogens with one attached hydrogen (secondary N) is 1. The Morgan fingerprint density at radius 2 is 2.08 bits per heavy atom. The summed E-state index contributed by atoms with van der Waals surface area (Å²) >= 11 is 5.99. The van der Waals surface area contributed by atoms with Crippen LogP contribution in [-0.4, -0.2) is 63.5 Å². The first-order valence-electron chi connectivity index (χ1n) is 7.32. The molecule has 1 aromatic heterocycles. The van der Waals surface area contributed by atoms with E-state index in [0.717, 1.165) is 0 Å². The number of aromatic nitrogens is 3. The molecule has 1 aromatic carbocycles. The fraction of sp³-hybridized carbons (Fsp3) is 0.267. The minimum Gasteiger partial charge on any atom is -0.480 e. The summed E-state index contributed by atoms with van der Waals surface area (Å²) in [6, 6.07) is 4.35. The highest BCUT2D eigenvalue weighted by Gasteiger charge is 2.14. The van der Waals surface area contributed by atoms with Crippen LogP contribution in [0.15, 0.2) is 24.4 Å². The Kier molecular flexibility index (Phi) is 6.12. The summed E-state index contributed by atoms with van der Waals surface area (Å²) in [5.74, 6) is -1.68. The number of carboxylic acid groups (broad SMARTS) is 1. The van der Waals surface area contributed by atoms with Gasteiger partial charge >= 0.3 is 5.97 Å². The summed E-state index contributed by atoms with van der Waals surface area (Å²) in [5, 5.41) is 18.8. The number of hydrogen-bond acceptors (Lipinski definition) is 6.